The molecule has 19 heavy (non-hydrogen) atoms. The van der Waals surface area contributed by atoms with E-state index in [1.807, 2.05) is 38.2 Å². The SMILES string of the molecule is Cc1c(C(O)c2ccc(OC3CC3)cc2)cnn1C. The van der Waals surface area contributed by atoms with Gasteiger partial charge in [-0.3, -0.25) is 4.68 Å². The molecule has 1 atom stereocenters. The number of aliphatic hydroxyl groups excluding tert-OH is 1. The van der Waals surface area contributed by atoms with Crippen LogP contribution < -0.4 is 4.74 Å². The quantitative estimate of drug-likeness (QED) is 0.915. The summed E-state index contributed by atoms with van der Waals surface area (Å²) >= 11 is 0. The highest BCUT2D eigenvalue weighted by molar-refractivity contribution is 5.35. The third-order valence-electron chi connectivity index (χ3n) is 3.59. The topological polar surface area (TPSA) is 47.3 Å². The summed E-state index contributed by atoms with van der Waals surface area (Å²) in [5.74, 6) is 0.876. The summed E-state index contributed by atoms with van der Waals surface area (Å²) in [6.45, 7) is 1.95. The molecule has 1 aliphatic rings. The third kappa shape index (κ3) is 2.49. The summed E-state index contributed by atoms with van der Waals surface area (Å²) in [5, 5.41) is 14.5. The fourth-order valence-electron chi connectivity index (χ4n) is 2.07. The van der Waals surface area contributed by atoms with Crippen LogP contribution in [0.15, 0.2) is 30.5 Å². The minimum atomic E-state index is -0.635. The fourth-order valence-corrected chi connectivity index (χ4v) is 2.07. The normalized spacial score (nSPS) is 16.4. The highest BCUT2D eigenvalue weighted by atomic mass is 16.5. The first kappa shape index (κ1) is 12.2. The molecule has 100 valence electrons. The second kappa shape index (κ2) is 4.70. The number of ether oxygens (including phenoxy) is 1. The van der Waals surface area contributed by atoms with Crippen molar-refractivity contribution in [1.82, 2.24) is 9.78 Å². The zero-order valence-corrected chi connectivity index (χ0v) is 11.2. The van der Waals surface area contributed by atoms with Gasteiger partial charge in [0, 0.05) is 18.3 Å². The van der Waals surface area contributed by atoms with Crippen molar-refractivity contribution in [3.8, 4) is 5.75 Å². The molecule has 0 spiro atoms. The molecule has 1 heterocycles. The maximum absolute atomic E-state index is 10.4. The van der Waals surface area contributed by atoms with Gasteiger partial charge < -0.3 is 9.84 Å². The van der Waals surface area contributed by atoms with Crippen molar-refractivity contribution in [2.45, 2.75) is 32.0 Å². The first-order valence-corrected chi connectivity index (χ1v) is 6.58. The van der Waals surface area contributed by atoms with Crippen molar-refractivity contribution in [3.05, 3.63) is 47.3 Å². The minimum absolute atomic E-state index is 0.399. The number of nitrogens with zero attached hydrogens (tertiary/aromatic N) is 2. The van der Waals surface area contributed by atoms with Gasteiger partial charge in [0.1, 0.15) is 11.9 Å². The van der Waals surface area contributed by atoms with E-state index in [2.05, 4.69) is 5.10 Å². The van der Waals surface area contributed by atoms with Crippen molar-refractivity contribution in [1.29, 1.82) is 0 Å². The highest BCUT2D eigenvalue weighted by Gasteiger charge is 2.23. The maximum Gasteiger partial charge on any atom is 0.119 e. The molecule has 1 aromatic carbocycles. The Hall–Kier alpha value is -1.81. The van der Waals surface area contributed by atoms with Gasteiger partial charge in [-0.15, -0.1) is 0 Å². The van der Waals surface area contributed by atoms with E-state index in [-0.39, 0.29) is 0 Å². The van der Waals surface area contributed by atoms with Crippen LogP contribution in [0.2, 0.25) is 0 Å². The predicted molar refractivity (Wildman–Crippen MR) is 72.1 cm³/mol. The van der Waals surface area contributed by atoms with Crippen LogP contribution in [0, 0.1) is 6.92 Å². The van der Waals surface area contributed by atoms with Crippen molar-refractivity contribution >= 4 is 0 Å². The number of aryl methyl sites for hydroxylation is 1. The Kier molecular flexibility index (Phi) is 3.03. The Labute approximate surface area is 112 Å². The molecule has 0 bridgehead atoms. The predicted octanol–water partition coefficient (Wildman–Crippen LogP) is 2.35. The number of benzene rings is 1. The van der Waals surface area contributed by atoms with Crippen LogP contribution in [-0.4, -0.2) is 21.0 Å². The molecular weight excluding hydrogens is 240 g/mol. The van der Waals surface area contributed by atoms with E-state index in [4.69, 9.17) is 4.74 Å². The van der Waals surface area contributed by atoms with E-state index in [1.54, 1.807) is 10.9 Å². The summed E-state index contributed by atoms with van der Waals surface area (Å²) in [6, 6.07) is 7.66. The molecule has 0 radical (unpaired) electrons. The molecule has 1 saturated carbocycles. The molecule has 0 saturated heterocycles. The number of aliphatic hydroxyl groups is 1. The largest absolute Gasteiger partial charge is 0.490 e. The molecule has 0 amide bonds. The molecule has 4 nitrogen and oxygen atoms in total. The first-order valence-electron chi connectivity index (χ1n) is 6.58. The van der Waals surface area contributed by atoms with Crippen LogP contribution in [-0.2, 0) is 7.05 Å². The Bertz CT molecular complexity index is 570. The molecule has 0 aliphatic heterocycles. The fraction of sp³-hybridized carbons (Fsp3) is 0.400. The average Bonchev–Trinajstić information content (AvgIpc) is 3.17. The lowest BCUT2D eigenvalue weighted by Crippen LogP contribution is -2.02. The van der Waals surface area contributed by atoms with E-state index in [9.17, 15) is 5.11 Å². The lowest BCUT2D eigenvalue weighted by Gasteiger charge is -2.12. The zero-order valence-electron chi connectivity index (χ0n) is 11.2. The number of rotatable bonds is 4. The Morgan fingerprint density at radius 1 is 1.32 bits per heavy atom. The molecule has 4 heteroatoms. The molecule has 2 aromatic rings. The van der Waals surface area contributed by atoms with Gasteiger partial charge in [0.15, 0.2) is 0 Å². The molecular formula is C15H18N2O2. The number of hydrogen-bond donors (Lipinski definition) is 1. The number of aromatic nitrogens is 2. The summed E-state index contributed by atoms with van der Waals surface area (Å²) in [7, 11) is 1.87. The summed E-state index contributed by atoms with van der Waals surface area (Å²) in [4.78, 5) is 0. The van der Waals surface area contributed by atoms with Crippen LogP contribution >= 0.6 is 0 Å². The van der Waals surface area contributed by atoms with Gasteiger partial charge in [0.05, 0.1) is 12.3 Å². The Morgan fingerprint density at radius 2 is 2.00 bits per heavy atom. The zero-order chi connectivity index (χ0) is 13.4. The second-order valence-electron chi connectivity index (χ2n) is 5.10. The molecule has 1 unspecified atom stereocenters. The van der Waals surface area contributed by atoms with Crippen molar-refractivity contribution in [2.75, 3.05) is 0 Å². The standard InChI is InChI=1S/C15H18N2O2/c1-10-14(9-16-17(10)2)15(18)11-3-5-12(6-4-11)19-13-7-8-13/h3-6,9,13,15,18H,7-8H2,1-2H3. The lowest BCUT2D eigenvalue weighted by molar-refractivity contribution is 0.219. The molecule has 1 aliphatic carbocycles. The van der Waals surface area contributed by atoms with Crippen molar-refractivity contribution < 1.29 is 9.84 Å². The van der Waals surface area contributed by atoms with Gasteiger partial charge in [0.2, 0.25) is 0 Å². The van der Waals surface area contributed by atoms with Gasteiger partial charge >= 0.3 is 0 Å². The number of hydrogen-bond acceptors (Lipinski definition) is 3. The van der Waals surface area contributed by atoms with E-state index >= 15 is 0 Å². The van der Waals surface area contributed by atoms with Crippen LogP contribution in [0.3, 0.4) is 0 Å². The molecule has 3 rings (SSSR count). The Balaban J connectivity index is 1.79. The smallest absolute Gasteiger partial charge is 0.119 e. The van der Waals surface area contributed by atoms with E-state index in [1.165, 1.54) is 0 Å². The van der Waals surface area contributed by atoms with E-state index in [0.29, 0.717) is 6.10 Å². The molecule has 1 N–H and O–H groups in total. The Morgan fingerprint density at radius 3 is 2.53 bits per heavy atom. The highest BCUT2D eigenvalue weighted by Crippen LogP contribution is 2.29. The monoisotopic (exact) mass is 258 g/mol. The van der Waals surface area contributed by atoms with Gasteiger partial charge in [-0.2, -0.15) is 5.10 Å². The summed E-state index contributed by atoms with van der Waals surface area (Å²) in [6.07, 6.45) is 3.78. The van der Waals surface area contributed by atoms with Crippen LogP contribution in [0.5, 0.6) is 5.75 Å². The maximum atomic E-state index is 10.4. The van der Waals surface area contributed by atoms with Crippen molar-refractivity contribution in [2.24, 2.45) is 7.05 Å². The van der Waals surface area contributed by atoms with E-state index < -0.39 is 6.10 Å². The second-order valence-corrected chi connectivity index (χ2v) is 5.10. The molecule has 1 aromatic heterocycles. The minimum Gasteiger partial charge on any atom is -0.490 e. The van der Waals surface area contributed by atoms with Crippen LogP contribution in [0.1, 0.15) is 35.8 Å². The van der Waals surface area contributed by atoms with Gasteiger partial charge in [-0.05, 0) is 37.5 Å². The third-order valence-corrected chi connectivity index (χ3v) is 3.59. The summed E-state index contributed by atoms with van der Waals surface area (Å²) in [5.41, 5.74) is 2.68. The van der Waals surface area contributed by atoms with Gasteiger partial charge in [-0.25, -0.2) is 0 Å². The van der Waals surface area contributed by atoms with Crippen molar-refractivity contribution in [3.63, 3.8) is 0 Å². The first-order chi connectivity index (χ1) is 9.15. The van der Waals surface area contributed by atoms with Gasteiger partial charge in [-0.1, -0.05) is 12.1 Å². The molecule has 1 fully saturated rings. The van der Waals surface area contributed by atoms with Crippen LogP contribution in [0.4, 0.5) is 0 Å². The van der Waals surface area contributed by atoms with E-state index in [0.717, 1.165) is 35.4 Å². The summed E-state index contributed by atoms with van der Waals surface area (Å²) < 4.78 is 7.46. The lowest BCUT2D eigenvalue weighted by atomic mass is 10.0. The van der Waals surface area contributed by atoms with Gasteiger partial charge in [0.25, 0.3) is 0 Å². The average molecular weight is 258 g/mol. The van der Waals surface area contributed by atoms with Crippen LogP contribution in [0.25, 0.3) is 0 Å².